The van der Waals surface area contributed by atoms with Crippen molar-refractivity contribution in [1.29, 1.82) is 0 Å². The van der Waals surface area contributed by atoms with Crippen LogP contribution in [0.25, 0.3) is 0 Å². The topological polar surface area (TPSA) is 18.5 Å². The predicted octanol–water partition coefficient (Wildman–Crippen LogP) is 5.74. The van der Waals surface area contributed by atoms with Crippen molar-refractivity contribution < 1.29 is 13.9 Å². The highest BCUT2D eigenvalue weighted by atomic mass is 79.9. The van der Waals surface area contributed by atoms with E-state index in [1.54, 1.807) is 6.07 Å². The Morgan fingerprint density at radius 1 is 1.14 bits per heavy atom. The molecule has 1 atom stereocenters. The van der Waals surface area contributed by atoms with Gasteiger partial charge in [-0.2, -0.15) is 0 Å². The summed E-state index contributed by atoms with van der Waals surface area (Å²) in [5.41, 5.74) is 1.54. The summed E-state index contributed by atoms with van der Waals surface area (Å²) in [6, 6.07) is 8.29. The van der Waals surface area contributed by atoms with Crippen LogP contribution >= 0.6 is 43.5 Å². The smallest absolute Gasteiger partial charge is 0.145 e. The van der Waals surface area contributed by atoms with Crippen molar-refractivity contribution in [3.8, 4) is 11.5 Å². The lowest BCUT2D eigenvalue weighted by Gasteiger charge is -2.17. The van der Waals surface area contributed by atoms with E-state index in [1.165, 1.54) is 26.4 Å². The first-order chi connectivity index (χ1) is 9.97. The average Bonchev–Trinajstić information content (AvgIpc) is 2.45. The molecule has 0 bridgehead atoms. The van der Waals surface area contributed by atoms with Crippen LogP contribution in [0.4, 0.5) is 4.39 Å². The zero-order valence-electron chi connectivity index (χ0n) is 11.3. The van der Waals surface area contributed by atoms with E-state index in [9.17, 15) is 4.39 Å². The molecule has 0 aliphatic heterocycles. The number of benzene rings is 2. The lowest BCUT2D eigenvalue weighted by molar-refractivity contribution is 0.392. The van der Waals surface area contributed by atoms with E-state index in [1.807, 2.05) is 12.1 Å². The molecule has 0 N–H and O–H groups in total. The average molecular weight is 439 g/mol. The van der Waals surface area contributed by atoms with Gasteiger partial charge in [0.15, 0.2) is 0 Å². The van der Waals surface area contributed by atoms with Gasteiger partial charge in [0.1, 0.15) is 22.3 Å². The van der Waals surface area contributed by atoms with Crippen LogP contribution in [0.5, 0.6) is 11.5 Å². The van der Waals surface area contributed by atoms with E-state index < -0.39 is 0 Å². The van der Waals surface area contributed by atoms with Crippen LogP contribution in [0.15, 0.2) is 34.8 Å². The van der Waals surface area contributed by atoms with Crippen LogP contribution < -0.4 is 9.47 Å². The fourth-order valence-electron chi connectivity index (χ4n) is 2.02. The van der Waals surface area contributed by atoms with E-state index in [0.29, 0.717) is 21.0 Å². The molecule has 2 nitrogen and oxygen atoms in total. The van der Waals surface area contributed by atoms with Crippen molar-refractivity contribution in [3.05, 3.63) is 56.8 Å². The minimum absolute atomic E-state index is 0.261. The maximum absolute atomic E-state index is 13.6. The summed E-state index contributed by atoms with van der Waals surface area (Å²) in [7, 11) is 3.07. The third-order valence-electron chi connectivity index (χ3n) is 2.97. The van der Waals surface area contributed by atoms with E-state index in [-0.39, 0.29) is 10.6 Å². The summed E-state index contributed by atoms with van der Waals surface area (Å²) >= 11 is 13.1. The van der Waals surface area contributed by atoms with E-state index in [0.717, 1.165) is 11.1 Å². The number of ether oxygens (including phenoxy) is 2. The van der Waals surface area contributed by atoms with Gasteiger partial charge in [0.05, 0.1) is 19.0 Å². The number of hydrogen-bond donors (Lipinski definition) is 0. The number of halogens is 4. The summed E-state index contributed by atoms with van der Waals surface area (Å²) in [5, 5.41) is 0.386. The maximum Gasteiger partial charge on any atom is 0.145 e. The molecule has 0 aliphatic carbocycles. The van der Waals surface area contributed by atoms with Crippen molar-refractivity contribution in [2.24, 2.45) is 0 Å². The van der Waals surface area contributed by atoms with Gasteiger partial charge in [0.2, 0.25) is 0 Å². The van der Waals surface area contributed by atoms with Crippen LogP contribution in [-0.2, 0) is 0 Å². The molecule has 0 spiro atoms. The second-order valence-electron chi connectivity index (χ2n) is 4.27. The molecule has 0 saturated carbocycles. The van der Waals surface area contributed by atoms with Gasteiger partial charge in [0, 0.05) is 10.0 Å². The lowest BCUT2D eigenvalue weighted by Crippen LogP contribution is -2.00. The second kappa shape index (κ2) is 6.99. The molecule has 0 radical (unpaired) electrons. The van der Waals surface area contributed by atoms with Gasteiger partial charge in [-0.3, -0.25) is 0 Å². The number of methoxy groups -OCH3 is 2. The van der Waals surface area contributed by atoms with Gasteiger partial charge in [-0.1, -0.05) is 49.5 Å². The largest absolute Gasteiger partial charge is 0.495 e. The van der Waals surface area contributed by atoms with E-state index >= 15 is 0 Å². The molecule has 0 saturated heterocycles. The Morgan fingerprint density at radius 3 is 2.43 bits per heavy atom. The van der Waals surface area contributed by atoms with Crippen molar-refractivity contribution in [2.45, 2.75) is 4.83 Å². The molecule has 21 heavy (non-hydrogen) atoms. The van der Waals surface area contributed by atoms with Crippen molar-refractivity contribution in [3.63, 3.8) is 0 Å². The standard InChI is InChI=1S/C15H12Br2ClFO2/c1-20-12-4-3-11(15(21-2)14(12)18)13(17)8-5-9(16)7-10(19)6-8/h3-7,13H,1-2H3. The molecule has 0 aromatic heterocycles. The van der Waals surface area contributed by atoms with Crippen molar-refractivity contribution >= 4 is 43.5 Å². The first-order valence-electron chi connectivity index (χ1n) is 5.98. The lowest BCUT2D eigenvalue weighted by atomic mass is 10.0. The number of alkyl halides is 1. The molecule has 0 amide bonds. The maximum atomic E-state index is 13.6. The Kier molecular flexibility index (Phi) is 5.52. The Balaban J connectivity index is 2.52. The molecular weight excluding hydrogens is 426 g/mol. The van der Waals surface area contributed by atoms with Gasteiger partial charge in [-0.15, -0.1) is 0 Å². The van der Waals surface area contributed by atoms with Crippen molar-refractivity contribution in [1.82, 2.24) is 0 Å². The highest BCUT2D eigenvalue weighted by Gasteiger charge is 2.21. The second-order valence-corrected chi connectivity index (χ2v) is 6.48. The van der Waals surface area contributed by atoms with Crippen LogP contribution in [-0.4, -0.2) is 14.2 Å². The molecule has 0 heterocycles. The Hall–Kier alpha value is -0.780. The first-order valence-corrected chi connectivity index (χ1v) is 8.07. The zero-order chi connectivity index (χ0) is 15.6. The number of rotatable bonds is 4. The quantitative estimate of drug-likeness (QED) is 0.567. The molecular formula is C15H12Br2ClFO2. The molecule has 0 fully saturated rings. The minimum Gasteiger partial charge on any atom is -0.495 e. The first kappa shape index (κ1) is 16.6. The molecule has 6 heteroatoms. The van der Waals surface area contributed by atoms with Gasteiger partial charge >= 0.3 is 0 Å². The molecule has 2 aromatic rings. The van der Waals surface area contributed by atoms with Crippen LogP contribution in [0, 0.1) is 5.82 Å². The van der Waals surface area contributed by atoms with Crippen molar-refractivity contribution in [2.75, 3.05) is 14.2 Å². The molecule has 112 valence electrons. The Labute approximate surface area is 144 Å². The van der Waals surface area contributed by atoms with Gasteiger partial charge < -0.3 is 9.47 Å². The molecule has 1 unspecified atom stereocenters. The van der Waals surface area contributed by atoms with Crippen LogP contribution in [0.2, 0.25) is 5.02 Å². The summed E-state index contributed by atoms with van der Waals surface area (Å²) in [6.07, 6.45) is 0. The molecule has 2 aromatic carbocycles. The minimum atomic E-state index is -0.317. The van der Waals surface area contributed by atoms with E-state index in [2.05, 4.69) is 31.9 Å². The fraction of sp³-hybridized carbons (Fsp3) is 0.200. The highest BCUT2D eigenvalue weighted by Crippen LogP contribution is 2.44. The summed E-state index contributed by atoms with van der Waals surface area (Å²) in [5.74, 6) is 0.707. The Morgan fingerprint density at radius 2 is 1.86 bits per heavy atom. The third kappa shape index (κ3) is 3.52. The summed E-state index contributed by atoms with van der Waals surface area (Å²) in [4.78, 5) is -0.261. The van der Waals surface area contributed by atoms with Gasteiger partial charge in [-0.25, -0.2) is 4.39 Å². The zero-order valence-corrected chi connectivity index (χ0v) is 15.2. The highest BCUT2D eigenvalue weighted by molar-refractivity contribution is 9.10. The normalized spacial score (nSPS) is 12.1. The van der Waals surface area contributed by atoms with Crippen LogP contribution in [0.1, 0.15) is 16.0 Å². The summed E-state index contributed by atoms with van der Waals surface area (Å²) < 4.78 is 24.8. The Bertz CT molecular complexity index is 644. The molecule has 0 aliphatic rings. The molecule has 2 rings (SSSR count). The van der Waals surface area contributed by atoms with E-state index in [4.69, 9.17) is 21.1 Å². The number of hydrogen-bond acceptors (Lipinski definition) is 2. The van der Waals surface area contributed by atoms with Gasteiger partial charge in [-0.05, 0) is 29.8 Å². The summed E-state index contributed by atoms with van der Waals surface area (Å²) in [6.45, 7) is 0. The van der Waals surface area contributed by atoms with Gasteiger partial charge in [0.25, 0.3) is 0 Å². The monoisotopic (exact) mass is 436 g/mol. The van der Waals surface area contributed by atoms with Crippen LogP contribution in [0.3, 0.4) is 0 Å². The predicted molar refractivity (Wildman–Crippen MR) is 89.4 cm³/mol. The SMILES string of the molecule is COc1ccc(C(Br)c2cc(F)cc(Br)c2)c(OC)c1Cl. The third-order valence-corrected chi connectivity index (χ3v) is 4.80. The fourth-order valence-corrected chi connectivity index (χ4v) is 3.45.